The first-order chi connectivity index (χ1) is 11.6. The Morgan fingerprint density at radius 2 is 2.08 bits per heavy atom. The molecule has 1 saturated heterocycles. The Kier molecular flexibility index (Phi) is 4.81. The Hall–Kier alpha value is -2.39. The lowest BCUT2D eigenvalue weighted by Gasteiger charge is -2.35. The fraction of sp³-hybridized carbons (Fsp3) is 0.389. The Morgan fingerprint density at radius 1 is 1.33 bits per heavy atom. The molecule has 3 heterocycles. The zero-order valence-corrected chi connectivity index (χ0v) is 14.8. The monoisotopic (exact) mass is 340 g/mol. The number of carbonyl (C=O) groups excluding carboxylic acids is 1. The summed E-state index contributed by atoms with van der Waals surface area (Å²) in [5.74, 6) is 0.997. The van der Waals surface area contributed by atoms with E-state index < -0.39 is 0 Å². The topological polar surface area (TPSA) is 60.2 Å². The summed E-state index contributed by atoms with van der Waals surface area (Å²) in [4.78, 5) is 23.2. The molecule has 0 aromatic carbocycles. The van der Waals surface area contributed by atoms with Gasteiger partial charge in [0.15, 0.2) is 0 Å². The van der Waals surface area contributed by atoms with Gasteiger partial charge >= 0.3 is 0 Å². The summed E-state index contributed by atoms with van der Waals surface area (Å²) in [6, 6.07) is 7.74. The number of hydrogen-bond acceptors (Lipinski definition) is 5. The molecular formula is C18H20N4OS. The lowest BCUT2D eigenvalue weighted by atomic mass is 10.2. The molecular weight excluding hydrogens is 320 g/mol. The minimum absolute atomic E-state index is 0.134. The van der Waals surface area contributed by atoms with E-state index in [2.05, 4.69) is 29.8 Å². The van der Waals surface area contributed by atoms with Gasteiger partial charge in [-0.25, -0.2) is 4.98 Å². The van der Waals surface area contributed by atoms with E-state index in [0.29, 0.717) is 18.7 Å². The summed E-state index contributed by atoms with van der Waals surface area (Å²) < 4.78 is 0. The highest BCUT2D eigenvalue weighted by molar-refractivity contribution is 7.14. The van der Waals surface area contributed by atoms with Gasteiger partial charge in [-0.05, 0) is 37.1 Å². The van der Waals surface area contributed by atoms with Crippen LogP contribution in [-0.2, 0) is 6.42 Å². The third-order valence-electron chi connectivity index (χ3n) is 4.32. The van der Waals surface area contributed by atoms with Crippen molar-refractivity contribution in [2.45, 2.75) is 20.3 Å². The summed E-state index contributed by atoms with van der Waals surface area (Å²) in [5.41, 5.74) is 1.78. The van der Waals surface area contributed by atoms with E-state index in [1.54, 1.807) is 23.6 Å². The molecule has 3 rings (SSSR count). The number of nitriles is 1. The van der Waals surface area contributed by atoms with Gasteiger partial charge in [-0.15, -0.1) is 11.3 Å². The highest BCUT2D eigenvalue weighted by Crippen LogP contribution is 2.24. The number of pyridine rings is 1. The molecule has 0 bridgehead atoms. The highest BCUT2D eigenvalue weighted by atomic mass is 32.1. The smallest absolute Gasteiger partial charge is 0.264 e. The molecule has 2 aromatic heterocycles. The summed E-state index contributed by atoms with van der Waals surface area (Å²) in [6.45, 7) is 7.10. The molecule has 0 saturated carbocycles. The Morgan fingerprint density at radius 3 is 2.62 bits per heavy atom. The molecule has 0 spiro atoms. The van der Waals surface area contributed by atoms with Crippen molar-refractivity contribution < 1.29 is 4.79 Å². The molecule has 0 aliphatic carbocycles. The second kappa shape index (κ2) is 7.02. The summed E-state index contributed by atoms with van der Waals surface area (Å²) in [5, 5.41) is 8.84. The van der Waals surface area contributed by atoms with Gasteiger partial charge in [0.25, 0.3) is 5.91 Å². The summed E-state index contributed by atoms with van der Waals surface area (Å²) in [7, 11) is 0. The van der Waals surface area contributed by atoms with Crippen LogP contribution >= 0.6 is 11.3 Å². The van der Waals surface area contributed by atoms with E-state index in [1.165, 1.54) is 10.4 Å². The number of aromatic nitrogens is 1. The number of nitrogens with zero attached hydrogens (tertiary/aromatic N) is 4. The lowest BCUT2D eigenvalue weighted by molar-refractivity contribution is 0.0751. The van der Waals surface area contributed by atoms with Gasteiger partial charge in [-0.2, -0.15) is 5.26 Å². The number of amides is 1. The van der Waals surface area contributed by atoms with Crippen LogP contribution in [-0.4, -0.2) is 42.0 Å². The van der Waals surface area contributed by atoms with Crippen molar-refractivity contribution in [1.82, 2.24) is 9.88 Å². The van der Waals surface area contributed by atoms with Crippen LogP contribution in [0.25, 0.3) is 0 Å². The molecule has 1 aliphatic heterocycles. The van der Waals surface area contributed by atoms with E-state index in [0.717, 1.165) is 30.2 Å². The normalized spacial score (nSPS) is 14.5. The maximum absolute atomic E-state index is 12.7. The van der Waals surface area contributed by atoms with Gasteiger partial charge in [0.1, 0.15) is 11.9 Å². The number of carbonyl (C=O) groups is 1. The number of aryl methyl sites for hydroxylation is 2. The van der Waals surface area contributed by atoms with E-state index in [4.69, 9.17) is 5.26 Å². The molecule has 5 nitrogen and oxygen atoms in total. The zero-order valence-electron chi connectivity index (χ0n) is 14.0. The molecule has 0 unspecified atom stereocenters. The van der Waals surface area contributed by atoms with Crippen molar-refractivity contribution in [2.24, 2.45) is 0 Å². The summed E-state index contributed by atoms with van der Waals surface area (Å²) >= 11 is 1.61. The third kappa shape index (κ3) is 3.26. The van der Waals surface area contributed by atoms with Crippen molar-refractivity contribution in [3.8, 4) is 6.07 Å². The van der Waals surface area contributed by atoms with E-state index in [9.17, 15) is 4.79 Å². The predicted molar refractivity (Wildman–Crippen MR) is 95.5 cm³/mol. The Balaban J connectivity index is 1.63. The molecule has 6 heteroatoms. The van der Waals surface area contributed by atoms with Gasteiger partial charge in [0.05, 0.1) is 10.4 Å². The van der Waals surface area contributed by atoms with Gasteiger partial charge in [0.2, 0.25) is 0 Å². The van der Waals surface area contributed by atoms with E-state index >= 15 is 0 Å². The molecule has 0 atom stereocenters. The zero-order chi connectivity index (χ0) is 17.1. The quantitative estimate of drug-likeness (QED) is 0.862. The second-order valence-electron chi connectivity index (χ2n) is 5.87. The average Bonchev–Trinajstić information content (AvgIpc) is 3.02. The van der Waals surface area contributed by atoms with Gasteiger partial charge in [0, 0.05) is 37.3 Å². The molecule has 2 aromatic rings. The molecule has 1 amide bonds. The Labute approximate surface area is 146 Å². The van der Waals surface area contributed by atoms with Crippen LogP contribution in [0.15, 0.2) is 24.4 Å². The first kappa shape index (κ1) is 16.5. The largest absolute Gasteiger partial charge is 0.353 e. The van der Waals surface area contributed by atoms with Crippen LogP contribution in [0.1, 0.15) is 32.6 Å². The van der Waals surface area contributed by atoms with Gasteiger partial charge in [-0.3, -0.25) is 4.79 Å². The minimum Gasteiger partial charge on any atom is -0.353 e. The van der Waals surface area contributed by atoms with Crippen molar-refractivity contribution in [1.29, 1.82) is 5.26 Å². The average molecular weight is 340 g/mol. The number of piperazine rings is 1. The van der Waals surface area contributed by atoms with Crippen molar-refractivity contribution in [2.75, 3.05) is 31.1 Å². The first-order valence-corrected chi connectivity index (χ1v) is 8.93. The second-order valence-corrected chi connectivity index (χ2v) is 7.00. The predicted octanol–water partition coefficient (Wildman–Crippen LogP) is 2.85. The lowest BCUT2D eigenvalue weighted by Crippen LogP contribution is -2.48. The number of anilines is 1. The van der Waals surface area contributed by atoms with Crippen molar-refractivity contribution in [3.63, 3.8) is 0 Å². The van der Waals surface area contributed by atoms with Crippen LogP contribution in [0.5, 0.6) is 0 Å². The van der Waals surface area contributed by atoms with Crippen LogP contribution in [0.4, 0.5) is 5.82 Å². The number of rotatable bonds is 3. The van der Waals surface area contributed by atoms with E-state index in [1.807, 2.05) is 17.0 Å². The van der Waals surface area contributed by atoms with Gasteiger partial charge < -0.3 is 9.80 Å². The fourth-order valence-electron chi connectivity index (χ4n) is 2.91. The highest BCUT2D eigenvalue weighted by Gasteiger charge is 2.24. The molecule has 124 valence electrons. The maximum atomic E-state index is 12.7. The van der Waals surface area contributed by atoms with Crippen LogP contribution in [0, 0.1) is 18.3 Å². The van der Waals surface area contributed by atoms with Crippen LogP contribution in [0.3, 0.4) is 0 Å². The molecule has 0 radical (unpaired) electrons. The number of thiophene rings is 1. The third-order valence-corrected chi connectivity index (χ3v) is 5.69. The minimum atomic E-state index is 0.134. The van der Waals surface area contributed by atoms with Crippen molar-refractivity contribution >= 4 is 23.1 Å². The fourth-order valence-corrected chi connectivity index (χ4v) is 3.99. The van der Waals surface area contributed by atoms with Crippen molar-refractivity contribution in [3.05, 3.63) is 45.3 Å². The summed E-state index contributed by atoms with van der Waals surface area (Å²) in [6.07, 6.45) is 2.56. The van der Waals surface area contributed by atoms with Crippen LogP contribution < -0.4 is 4.90 Å². The molecule has 24 heavy (non-hydrogen) atoms. The standard InChI is InChI=1S/C18H20N4OS/c1-3-15-13(2)10-16(24-15)18(23)22-8-6-21(7-9-22)17-5-4-14(11-19)12-20-17/h4-5,10,12H,3,6-9H2,1-2H3. The maximum Gasteiger partial charge on any atom is 0.264 e. The first-order valence-electron chi connectivity index (χ1n) is 8.12. The molecule has 0 N–H and O–H groups in total. The molecule has 1 aliphatic rings. The Bertz CT molecular complexity index is 767. The van der Waals surface area contributed by atoms with Gasteiger partial charge in [-0.1, -0.05) is 6.92 Å². The number of hydrogen-bond donors (Lipinski definition) is 0. The van der Waals surface area contributed by atoms with E-state index in [-0.39, 0.29) is 5.91 Å². The SMILES string of the molecule is CCc1sc(C(=O)N2CCN(c3ccc(C#N)cn3)CC2)cc1C. The molecule has 1 fully saturated rings. The van der Waals surface area contributed by atoms with Crippen LogP contribution in [0.2, 0.25) is 0 Å².